The molecule has 4 nitrogen and oxygen atoms in total. The van der Waals surface area contributed by atoms with E-state index in [1.54, 1.807) is 7.11 Å². The summed E-state index contributed by atoms with van der Waals surface area (Å²) in [5, 5.41) is 3.20. The highest BCUT2D eigenvalue weighted by atomic mass is 16.5. The highest BCUT2D eigenvalue weighted by molar-refractivity contribution is 5.78. The Bertz CT molecular complexity index is 397. The molecule has 1 amide bonds. The molecule has 1 aromatic rings. The molecule has 0 unspecified atom stereocenters. The number of amides is 1. The van der Waals surface area contributed by atoms with Crippen molar-refractivity contribution < 1.29 is 9.53 Å². The van der Waals surface area contributed by atoms with E-state index in [1.165, 1.54) is 6.42 Å². The molecule has 1 heterocycles. The van der Waals surface area contributed by atoms with Crippen LogP contribution in [0.2, 0.25) is 0 Å². The maximum Gasteiger partial charge on any atom is 0.236 e. The van der Waals surface area contributed by atoms with E-state index in [1.807, 2.05) is 29.2 Å². The molecule has 1 fully saturated rings. The summed E-state index contributed by atoms with van der Waals surface area (Å²) in [5.74, 6) is 1.07. The zero-order valence-electron chi connectivity index (χ0n) is 11.5. The lowest BCUT2D eigenvalue weighted by molar-refractivity contribution is -0.131. The molecule has 0 saturated carbocycles. The molecule has 0 bridgehead atoms. The first-order chi connectivity index (χ1) is 9.29. The molecule has 104 valence electrons. The van der Waals surface area contributed by atoms with Crippen molar-refractivity contribution in [2.75, 3.05) is 26.7 Å². The highest BCUT2D eigenvalue weighted by Crippen LogP contribution is 2.11. The number of piperidine rings is 1. The van der Waals surface area contributed by atoms with Crippen LogP contribution in [0.25, 0.3) is 0 Å². The predicted octanol–water partition coefficient (Wildman–Crippen LogP) is 1.80. The SMILES string of the molecule is COc1ccc(CNCC(=O)N2CCCCC2)cc1. The van der Waals surface area contributed by atoms with Gasteiger partial charge in [-0.15, -0.1) is 0 Å². The Balaban J connectivity index is 1.71. The number of ether oxygens (including phenoxy) is 1. The minimum Gasteiger partial charge on any atom is -0.497 e. The average molecular weight is 262 g/mol. The minimum atomic E-state index is 0.216. The average Bonchev–Trinajstić information content (AvgIpc) is 2.49. The van der Waals surface area contributed by atoms with Gasteiger partial charge >= 0.3 is 0 Å². The topological polar surface area (TPSA) is 41.6 Å². The maximum atomic E-state index is 11.9. The smallest absolute Gasteiger partial charge is 0.236 e. The van der Waals surface area contributed by atoms with Gasteiger partial charge in [0.15, 0.2) is 0 Å². The van der Waals surface area contributed by atoms with Gasteiger partial charge in [-0.2, -0.15) is 0 Å². The fourth-order valence-corrected chi connectivity index (χ4v) is 2.31. The zero-order valence-corrected chi connectivity index (χ0v) is 11.5. The summed E-state index contributed by atoms with van der Waals surface area (Å²) in [6.45, 7) is 2.97. The van der Waals surface area contributed by atoms with Crippen LogP contribution in [0.4, 0.5) is 0 Å². The molecule has 19 heavy (non-hydrogen) atoms. The monoisotopic (exact) mass is 262 g/mol. The lowest BCUT2D eigenvalue weighted by Gasteiger charge is -2.26. The summed E-state index contributed by atoms with van der Waals surface area (Å²) in [7, 11) is 1.66. The van der Waals surface area contributed by atoms with Crippen molar-refractivity contribution >= 4 is 5.91 Å². The number of nitrogens with zero attached hydrogens (tertiary/aromatic N) is 1. The summed E-state index contributed by atoms with van der Waals surface area (Å²) >= 11 is 0. The second-order valence-electron chi connectivity index (χ2n) is 4.89. The van der Waals surface area contributed by atoms with Crippen LogP contribution in [-0.4, -0.2) is 37.6 Å². The maximum absolute atomic E-state index is 11.9. The van der Waals surface area contributed by atoms with Crippen molar-refractivity contribution in [3.8, 4) is 5.75 Å². The number of nitrogens with one attached hydrogen (secondary N) is 1. The quantitative estimate of drug-likeness (QED) is 0.879. The third-order valence-electron chi connectivity index (χ3n) is 3.47. The standard InChI is InChI=1S/C15H22N2O2/c1-19-14-7-5-13(6-8-14)11-16-12-15(18)17-9-3-2-4-10-17/h5-8,16H,2-4,9-12H2,1H3. The van der Waals surface area contributed by atoms with Gasteiger partial charge in [0, 0.05) is 19.6 Å². The first kappa shape index (κ1) is 13.9. The van der Waals surface area contributed by atoms with E-state index < -0.39 is 0 Å². The van der Waals surface area contributed by atoms with Gasteiger partial charge in [0.1, 0.15) is 5.75 Å². The third kappa shape index (κ3) is 4.24. The van der Waals surface area contributed by atoms with Gasteiger partial charge in [0.2, 0.25) is 5.91 Å². The Morgan fingerprint density at radius 2 is 1.89 bits per heavy atom. The number of carbonyl (C=O) groups excluding carboxylic acids is 1. The fourth-order valence-electron chi connectivity index (χ4n) is 2.31. The molecule has 1 aliphatic heterocycles. The van der Waals surface area contributed by atoms with Gasteiger partial charge in [-0.25, -0.2) is 0 Å². The second-order valence-corrected chi connectivity index (χ2v) is 4.89. The Hall–Kier alpha value is -1.55. The zero-order chi connectivity index (χ0) is 13.5. The summed E-state index contributed by atoms with van der Waals surface area (Å²) in [4.78, 5) is 13.9. The van der Waals surface area contributed by atoms with Crippen LogP contribution in [0, 0.1) is 0 Å². The molecule has 0 spiro atoms. The van der Waals surface area contributed by atoms with Crippen molar-refractivity contribution in [3.63, 3.8) is 0 Å². The molecule has 0 atom stereocenters. The Morgan fingerprint density at radius 1 is 1.21 bits per heavy atom. The number of rotatable bonds is 5. The molecule has 2 rings (SSSR count). The molecule has 0 radical (unpaired) electrons. The Kier molecular flexibility index (Phi) is 5.21. The van der Waals surface area contributed by atoms with Crippen molar-refractivity contribution in [1.29, 1.82) is 0 Å². The van der Waals surface area contributed by atoms with Gasteiger partial charge in [0.05, 0.1) is 13.7 Å². The largest absolute Gasteiger partial charge is 0.497 e. The summed E-state index contributed by atoms with van der Waals surface area (Å²) < 4.78 is 5.11. The van der Waals surface area contributed by atoms with Crippen LogP contribution in [0.3, 0.4) is 0 Å². The molecular weight excluding hydrogens is 240 g/mol. The van der Waals surface area contributed by atoms with Crippen LogP contribution < -0.4 is 10.1 Å². The van der Waals surface area contributed by atoms with Crippen LogP contribution in [0.1, 0.15) is 24.8 Å². The number of likely N-dealkylation sites (tertiary alicyclic amines) is 1. The summed E-state index contributed by atoms with van der Waals surface area (Å²) in [6.07, 6.45) is 3.54. The van der Waals surface area contributed by atoms with Crippen molar-refractivity contribution in [2.45, 2.75) is 25.8 Å². The fraction of sp³-hybridized carbons (Fsp3) is 0.533. The predicted molar refractivity (Wildman–Crippen MR) is 75.1 cm³/mol. The van der Waals surface area contributed by atoms with Gasteiger partial charge in [-0.05, 0) is 37.0 Å². The van der Waals surface area contributed by atoms with E-state index in [0.29, 0.717) is 13.1 Å². The molecule has 0 aromatic heterocycles. The normalized spacial score (nSPS) is 15.3. The van der Waals surface area contributed by atoms with E-state index in [-0.39, 0.29) is 5.91 Å². The van der Waals surface area contributed by atoms with Crippen LogP contribution in [0.5, 0.6) is 5.75 Å². The molecule has 0 aliphatic carbocycles. The van der Waals surface area contributed by atoms with E-state index in [4.69, 9.17) is 4.74 Å². The minimum absolute atomic E-state index is 0.216. The third-order valence-corrected chi connectivity index (χ3v) is 3.47. The lowest BCUT2D eigenvalue weighted by atomic mass is 10.1. The second kappa shape index (κ2) is 7.14. The first-order valence-electron chi connectivity index (χ1n) is 6.91. The van der Waals surface area contributed by atoms with Crippen molar-refractivity contribution in [3.05, 3.63) is 29.8 Å². The van der Waals surface area contributed by atoms with Gasteiger partial charge < -0.3 is 15.0 Å². The van der Waals surface area contributed by atoms with Gasteiger partial charge in [-0.1, -0.05) is 12.1 Å². The van der Waals surface area contributed by atoms with Crippen molar-refractivity contribution in [1.82, 2.24) is 10.2 Å². The van der Waals surface area contributed by atoms with E-state index in [0.717, 1.165) is 37.2 Å². The van der Waals surface area contributed by atoms with E-state index >= 15 is 0 Å². The Labute approximate surface area is 114 Å². The van der Waals surface area contributed by atoms with Crippen LogP contribution in [0.15, 0.2) is 24.3 Å². The number of hydrogen-bond donors (Lipinski definition) is 1. The van der Waals surface area contributed by atoms with Gasteiger partial charge in [0.25, 0.3) is 0 Å². The number of benzene rings is 1. The molecule has 4 heteroatoms. The summed E-state index contributed by atoms with van der Waals surface area (Å²) in [6, 6.07) is 7.89. The molecule has 1 aromatic carbocycles. The molecule has 1 saturated heterocycles. The first-order valence-corrected chi connectivity index (χ1v) is 6.91. The number of hydrogen-bond acceptors (Lipinski definition) is 3. The van der Waals surface area contributed by atoms with Crippen molar-refractivity contribution in [2.24, 2.45) is 0 Å². The number of carbonyl (C=O) groups is 1. The van der Waals surface area contributed by atoms with E-state index in [9.17, 15) is 4.79 Å². The summed E-state index contributed by atoms with van der Waals surface area (Å²) in [5.41, 5.74) is 1.16. The number of methoxy groups -OCH3 is 1. The molecule has 1 N–H and O–H groups in total. The molecular formula is C15H22N2O2. The highest BCUT2D eigenvalue weighted by Gasteiger charge is 2.15. The van der Waals surface area contributed by atoms with Gasteiger partial charge in [-0.3, -0.25) is 4.79 Å². The van der Waals surface area contributed by atoms with E-state index in [2.05, 4.69) is 5.32 Å². The Morgan fingerprint density at radius 3 is 2.53 bits per heavy atom. The van der Waals surface area contributed by atoms with Crippen LogP contribution >= 0.6 is 0 Å². The van der Waals surface area contributed by atoms with Crippen LogP contribution in [-0.2, 0) is 11.3 Å². The molecule has 1 aliphatic rings. The lowest BCUT2D eigenvalue weighted by Crippen LogP contribution is -2.40.